The monoisotopic (exact) mass is 512 g/mol. The fourth-order valence-corrected chi connectivity index (χ4v) is 4.67. The van der Waals surface area contributed by atoms with Crippen LogP contribution in [0.2, 0.25) is 0 Å². The van der Waals surface area contributed by atoms with Crippen LogP contribution in [0.25, 0.3) is 0 Å². The third-order valence-corrected chi connectivity index (χ3v) is 6.71. The van der Waals surface area contributed by atoms with Crippen LogP contribution in [0.1, 0.15) is 49.7 Å². The molecule has 1 heterocycles. The van der Waals surface area contributed by atoms with Gasteiger partial charge in [0.05, 0.1) is 7.11 Å². The fourth-order valence-electron chi connectivity index (χ4n) is 4.67. The average Bonchev–Trinajstić information content (AvgIpc) is 3.42. The second-order valence-corrected chi connectivity index (χ2v) is 9.41. The number of rotatable bonds is 8. The smallest absolute Gasteiger partial charge is 0.414 e. The van der Waals surface area contributed by atoms with Crippen molar-refractivity contribution in [3.63, 3.8) is 0 Å². The van der Waals surface area contributed by atoms with Crippen LogP contribution < -0.4 is 14.8 Å². The van der Waals surface area contributed by atoms with E-state index in [0.29, 0.717) is 12.6 Å². The van der Waals surface area contributed by atoms with Gasteiger partial charge in [-0.15, -0.1) is 0 Å². The zero-order valence-electron chi connectivity index (χ0n) is 21.2. The Balaban J connectivity index is 0.000000568. The minimum Gasteiger partial charge on any atom is -0.493 e. The highest BCUT2D eigenvalue weighted by atomic mass is 16.5. The topological polar surface area (TPSA) is 125 Å². The number of likely N-dealkylation sites (tertiary alicyclic amines) is 1. The van der Waals surface area contributed by atoms with Crippen LogP contribution >= 0.6 is 0 Å². The molecule has 1 amide bonds. The highest BCUT2D eigenvalue weighted by Gasteiger charge is 2.27. The van der Waals surface area contributed by atoms with Gasteiger partial charge in [-0.25, -0.2) is 9.59 Å². The predicted octanol–water partition coefficient (Wildman–Crippen LogP) is 3.70. The Morgan fingerprint density at radius 1 is 0.892 bits per heavy atom. The Labute approximate surface area is 217 Å². The van der Waals surface area contributed by atoms with Gasteiger partial charge in [0.15, 0.2) is 11.5 Å². The molecule has 2 aromatic rings. The van der Waals surface area contributed by atoms with Crippen LogP contribution in [-0.2, 0) is 27.5 Å². The van der Waals surface area contributed by atoms with E-state index >= 15 is 0 Å². The number of piperidine rings is 1. The molecular weight excluding hydrogens is 476 g/mol. The average molecular weight is 513 g/mol. The summed E-state index contributed by atoms with van der Waals surface area (Å²) in [4.78, 5) is 33.2. The summed E-state index contributed by atoms with van der Waals surface area (Å²) in [5.74, 6) is -1.69. The second kappa shape index (κ2) is 14.2. The number of amides is 1. The third-order valence-electron chi connectivity index (χ3n) is 6.71. The molecule has 1 saturated carbocycles. The van der Waals surface area contributed by atoms with Crippen molar-refractivity contribution in [1.82, 2.24) is 10.2 Å². The number of hydrogen-bond donors (Lipinski definition) is 3. The molecule has 2 fully saturated rings. The minimum absolute atomic E-state index is 0.167. The van der Waals surface area contributed by atoms with Crippen molar-refractivity contribution in [1.29, 1.82) is 0 Å². The summed E-state index contributed by atoms with van der Waals surface area (Å²) in [6.07, 6.45) is 6.68. The molecule has 0 bridgehead atoms. The number of carboxylic acid groups (broad SMARTS) is 2. The van der Waals surface area contributed by atoms with Crippen LogP contribution in [-0.4, -0.2) is 59.2 Å². The lowest BCUT2D eigenvalue weighted by molar-refractivity contribution is -0.159. The van der Waals surface area contributed by atoms with Crippen molar-refractivity contribution in [2.75, 3.05) is 20.2 Å². The lowest BCUT2D eigenvalue weighted by atomic mass is 9.95. The van der Waals surface area contributed by atoms with Gasteiger partial charge in [-0.05, 0) is 62.0 Å². The van der Waals surface area contributed by atoms with Crippen LogP contribution in [0.3, 0.4) is 0 Å². The van der Waals surface area contributed by atoms with Crippen molar-refractivity contribution in [3.8, 4) is 11.5 Å². The number of nitrogens with one attached hydrogen (secondary N) is 1. The van der Waals surface area contributed by atoms with Crippen molar-refractivity contribution in [3.05, 3.63) is 59.7 Å². The molecule has 2 aromatic carbocycles. The molecule has 0 aromatic heterocycles. The maximum absolute atomic E-state index is 12.5. The summed E-state index contributed by atoms with van der Waals surface area (Å²) in [5, 5.41) is 18.1. The summed E-state index contributed by atoms with van der Waals surface area (Å²) in [6.45, 7) is 3.30. The molecule has 0 radical (unpaired) electrons. The largest absolute Gasteiger partial charge is 0.493 e. The second-order valence-electron chi connectivity index (χ2n) is 9.41. The molecule has 1 saturated heterocycles. The molecule has 3 N–H and O–H groups in total. The molecule has 37 heavy (non-hydrogen) atoms. The molecular formula is C28H36N2O7. The van der Waals surface area contributed by atoms with Crippen molar-refractivity contribution in [2.45, 2.75) is 57.7 Å². The third kappa shape index (κ3) is 9.09. The lowest BCUT2D eigenvalue weighted by Gasteiger charge is -2.32. The van der Waals surface area contributed by atoms with E-state index < -0.39 is 11.9 Å². The Bertz CT molecular complexity index is 1020. The lowest BCUT2D eigenvalue weighted by Crippen LogP contribution is -2.42. The first-order valence-corrected chi connectivity index (χ1v) is 12.7. The van der Waals surface area contributed by atoms with Crippen molar-refractivity contribution in [2.24, 2.45) is 5.92 Å². The van der Waals surface area contributed by atoms with E-state index in [1.807, 2.05) is 24.3 Å². The predicted molar refractivity (Wildman–Crippen MR) is 137 cm³/mol. The summed E-state index contributed by atoms with van der Waals surface area (Å²) >= 11 is 0. The number of carbonyl (C=O) groups is 3. The van der Waals surface area contributed by atoms with E-state index in [1.54, 1.807) is 7.11 Å². The van der Waals surface area contributed by atoms with Gasteiger partial charge < -0.3 is 25.0 Å². The highest BCUT2D eigenvalue weighted by Crippen LogP contribution is 2.30. The van der Waals surface area contributed by atoms with Gasteiger partial charge in [-0.1, -0.05) is 49.2 Å². The first kappa shape index (κ1) is 28.0. The van der Waals surface area contributed by atoms with Gasteiger partial charge in [0.2, 0.25) is 5.91 Å². The minimum atomic E-state index is -1.82. The van der Waals surface area contributed by atoms with Crippen molar-refractivity contribution < 1.29 is 34.1 Å². The molecule has 0 spiro atoms. The van der Waals surface area contributed by atoms with E-state index in [4.69, 9.17) is 29.3 Å². The summed E-state index contributed by atoms with van der Waals surface area (Å²) in [5.41, 5.74) is 2.34. The number of carbonyl (C=O) groups excluding carboxylic acids is 1. The summed E-state index contributed by atoms with van der Waals surface area (Å²) < 4.78 is 11.5. The van der Waals surface area contributed by atoms with Gasteiger partial charge in [-0.3, -0.25) is 9.69 Å². The summed E-state index contributed by atoms with van der Waals surface area (Å²) in [6, 6.07) is 16.7. The first-order chi connectivity index (χ1) is 17.9. The van der Waals surface area contributed by atoms with E-state index in [0.717, 1.165) is 62.4 Å². The Hall–Kier alpha value is -3.59. The maximum Gasteiger partial charge on any atom is 0.414 e. The van der Waals surface area contributed by atoms with E-state index in [1.165, 1.54) is 18.4 Å². The normalized spacial score (nSPS) is 16.4. The fraction of sp³-hybridized carbons (Fsp3) is 0.464. The molecule has 0 atom stereocenters. The summed E-state index contributed by atoms with van der Waals surface area (Å²) in [7, 11) is 1.68. The quantitative estimate of drug-likeness (QED) is 0.457. The van der Waals surface area contributed by atoms with E-state index in [9.17, 15) is 4.79 Å². The molecule has 1 aliphatic heterocycles. The molecule has 1 aliphatic carbocycles. The number of aliphatic carboxylic acids is 2. The van der Waals surface area contributed by atoms with Gasteiger partial charge in [-0.2, -0.15) is 0 Å². The number of carboxylic acids is 2. The van der Waals surface area contributed by atoms with Gasteiger partial charge in [0.25, 0.3) is 0 Å². The number of ether oxygens (including phenoxy) is 2. The zero-order chi connectivity index (χ0) is 26.6. The van der Waals surface area contributed by atoms with Crippen molar-refractivity contribution >= 4 is 17.8 Å². The first-order valence-electron chi connectivity index (χ1n) is 12.7. The Morgan fingerprint density at radius 2 is 1.54 bits per heavy atom. The number of hydrogen-bond acceptors (Lipinski definition) is 6. The van der Waals surface area contributed by atoms with Gasteiger partial charge >= 0.3 is 11.9 Å². The molecule has 9 nitrogen and oxygen atoms in total. The SMILES string of the molecule is COc1cc(CN2CCC(C(=O)NC3CCCC3)CC2)ccc1OCc1ccccc1.O=C(O)C(=O)O. The van der Waals surface area contributed by atoms with E-state index in [2.05, 4.69) is 34.5 Å². The molecule has 0 unspecified atom stereocenters. The van der Waals surface area contributed by atoms with Crippen LogP contribution in [0.5, 0.6) is 11.5 Å². The molecule has 4 rings (SSSR count). The standard InChI is InChI=1S/C26H34N2O3.C2H2O4/c1-30-25-17-21(11-12-24(25)31-19-20-7-3-2-4-8-20)18-28-15-13-22(14-16-28)26(29)27-23-9-5-6-10-23;3-1(4)2(5)6/h2-4,7-8,11-12,17,22-23H,5-6,9-10,13-16,18-19H2,1H3,(H,27,29);(H,3,4)(H,5,6). The van der Waals surface area contributed by atoms with Gasteiger partial charge in [0, 0.05) is 18.5 Å². The zero-order valence-corrected chi connectivity index (χ0v) is 21.2. The number of benzene rings is 2. The molecule has 9 heteroatoms. The van der Waals surface area contributed by atoms with E-state index in [-0.39, 0.29) is 11.8 Å². The highest BCUT2D eigenvalue weighted by molar-refractivity contribution is 6.27. The maximum atomic E-state index is 12.5. The number of nitrogens with zero attached hydrogens (tertiary/aromatic N) is 1. The van der Waals surface area contributed by atoms with Gasteiger partial charge in [0.1, 0.15) is 6.61 Å². The van der Waals surface area contributed by atoms with Crippen LogP contribution in [0.4, 0.5) is 0 Å². The van der Waals surface area contributed by atoms with Crippen LogP contribution in [0, 0.1) is 5.92 Å². The Morgan fingerprint density at radius 3 is 2.14 bits per heavy atom. The molecule has 200 valence electrons. The molecule has 2 aliphatic rings. The Kier molecular flexibility index (Phi) is 10.8. The van der Waals surface area contributed by atoms with Crippen LogP contribution in [0.15, 0.2) is 48.5 Å². The number of methoxy groups -OCH3 is 1.